The normalized spacial score (nSPS) is 22.3. The number of nitrogens with zero attached hydrogens (tertiary/aromatic N) is 1. The Morgan fingerprint density at radius 3 is 3.00 bits per heavy atom. The van der Waals surface area contributed by atoms with E-state index in [4.69, 9.17) is 5.21 Å². The second kappa shape index (κ2) is 2.44. The Bertz CT molecular complexity index is 193. The maximum absolute atomic E-state index is 12.3. The molecule has 1 radical (unpaired) electrons. The van der Waals surface area contributed by atoms with Gasteiger partial charge in [0.1, 0.15) is 5.71 Å². The fourth-order valence-corrected chi connectivity index (χ4v) is 0.560. The number of hydrogen-bond donors (Lipinski definition) is 1. The van der Waals surface area contributed by atoms with Crippen LogP contribution in [0, 0.1) is 6.08 Å². The number of oxime groups is 1. The average Bonchev–Trinajstić information content (AvgIpc) is 1.89. The lowest BCUT2D eigenvalue weighted by atomic mass is 10.1. The van der Waals surface area contributed by atoms with Crippen LogP contribution >= 0.6 is 0 Å². The van der Waals surface area contributed by atoms with Crippen LogP contribution in [0.4, 0.5) is 4.39 Å². The zero-order valence-electron chi connectivity index (χ0n) is 4.63. The van der Waals surface area contributed by atoms with Crippen LogP contribution in [-0.2, 0) is 0 Å². The molecule has 1 aliphatic rings. The highest BCUT2D eigenvalue weighted by atomic mass is 19.1. The zero-order chi connectivity index (χ0) is 6.69. The molecule has 0 saturated heterocycles. The van der Waals surface area contributed by atoms with Crippen molar-refractivity contribution in [3.05, 3.63) is 24.1 Å². The van der Waals surface area contributed by atoms with Crippen LogP contribution in [0.3, 0.4) is 0 Å². The minimum atomic E-state index is -0.583. The highest BCUT2D eigenvalue weighted by Crippen LogP contribution is 2.08. The van der Waals surface area contributed by atoms with Crippen molar-refractivity contribution in [2.45, 2.75) is 6.42 Å². The molecule has 1 aliphatic carbocycles. The number of rotatable bonds is 0. The molecule has 0 unspecified atom stereocenters. The number of hydrogen-bond acceptors (Lipinski definition) is 2. The molecule has 1 N–H and O–H groups in total. The van der Waals surface area contributed by atoms with Gasteiger partial charge in [0.2, 0.25) is 0 Å². The van der Waals surface area contributed by atoms with E-state index in [1.54, 1.807) is 6.08 Å². The van der Waals surface area contributed by atoms with Gasteiger partial charge in [0.05, 0.1) is 0 Å². The molecule has 47 valence electrons. The SMILES string of the molecule is ON=C1CC=C[C]=C1F. The van der Waals surface area contributed by atoms with Gasteiger partial charge in [-0.25, -0.2) is 4.39 Å². The van der Waals surface area contributed by atoms with Crippen molar-refractivity contribution in [3.8, 4) is 0 Å². The summed E-state index contributed by atoms with van der Waals surface area (Å²) in [5, 5.41) is 10.8. The van der Waals surface area contributed by atoms with Gasteiger partial charge in [0, 0.05) is 12.5 Å². The summed E-state index contributed by atoms with van der Waals surface area (Å²) in [6, 6.07) is 0. The number of allylic oxidation sites excluding steroid dienone is 4. The van der Waals surface area contributed by atoms with Crippen LogP contribution in [0.15, 0.2) is 23.1 Å². The molecule has 0 spiro atoms. The monoisotopic (exact) mass is 126 g/mol. The van der Waals surface area contributed by atoms with Gasteiger partial charge in [-0.1, -0.05) is 17.3 Å². The van der Waals surface area contributed by atoms with Gasteiger partial charge in [0.25, 0.3) is 0 Å². The molecular weight excluding hydrogens is 121 g/mol. The molecule has 0 aromatic heterocycles. The van der Waals surface area contributed by atoms with Crippen molar-refractivity contribution >= 4 is 5.71 Å². The molecule has 9 heavy (non-hydrogen) atoms. The third kappa shape index (κ3) is 1.16. The molecule has 0 aromatic carbocycles. The minimum absolute atomic E-state index is 0.0394. The molecule has 1 rings (SSSR count). The molecule has 0 saturated carbocycles. The van der Waals surface area contributed by atoms with E-state index >= 15 is 0 Å². The van der Waals surface area contributed by atoms with E-state index < -0.39 is 5.83 Å². The Labute approximate surface area is 52.0 Å². The predicted octanol–water partition coefficient (Wildman–Crippen LogP) is 1.43. The zero-order valence-corrected chi connectivity index (χ0v) is 4.63. The minimum Gasteiger partial charge on any atom is -0.411 e. The van der Waals surface area contributed by atoms with E-state index in [1.165, 1.54) is 6.08 Å². The largest absolute Gasteiger partial charge is 0.411 e. The topological polar surface area (TPSA) is 32.6 Å². The molecule has 0 aromatic rings. The van der Waals surface area contributed by atoms with Crippen LogP contribution in [0.5, 0.6) is 0 Å². The summed E-state index contributed by atoms with van der Waals surface area (Å²) in [4.78, 5) is 0. The number of halogens is 1. The van der Waals surface area contributed by atoms with Crippen LogP contribution < -0.4 is 0 Å². The lowest BCUT2D eigenvalue weighted by Gasteiger charge is -1.98. The summed E-state index contributed by atoms with van der Waals surface area (Å²) in [5.74, 6) is -0.583. The van der Waals surface area contributed by atoms with Crippen LogP contribution in [0.25, 0.3) is 0 Å². The maximum atomic E-state index is 12.3. The van der Waals surface area contributed by atoms with Gasteiger partial charge in [-0.3, -0.25) is 0 Å². The van der Waals surface area contributed by atoms with Gasteiger partial charge < -0.3 is 5.21 Å². The molecule has 0 bridgehead atoms. The summed E-state index contributed by atoms with van der Waals surface area (Å²) >= 11 is 0. The van der Waals surface area contributed by atoms with Crippen LogP contribution in [-0.4, -0.2) is 10.9 Å². The van der Waals surface area contributed by atoms with E-state index in [1.807, 2.05) is 0 Å². The van der Waals surface area contributed by atoms with Crippen molar-refractivity contribution in [1.82, 2.24) is 0 Å². The fraction of sp³-hybridized carbons (Fsp3) is 0.167. The third-order valence-corrected chi connectivity index (χ3v) is 1.01. The van der Waals surface area contributed by atoms with E-state index in [9.17, 15) is 4.39 Å². The second-order valence-electron chi connectivity index (χ2n) is 1.61. The predicted molar refractivity (Wildman–Crippen MR) is 30.8 cm³/mol. The first-order valence-corrected chi connectivity index (χ1v) is 2.50. The van der Waals surface area contributed by atoms with Gasteiger partial charge >= 0.3 is 0 Å². The van der Waals surface area contributed by atoms with Crippen LogP contribution in [0.2, 0.25) is 0 Å². The molecule has 0 aliphatic heterocycles. The Morgan fingerprint density at radius 1 is 1.78 bits per heavy atom. The lowest BCUT2D eigenvalue weighted by molar-refractivity contribution is 0.317. The van der Waals surface area contributed by atoms with E-state index in [2.05, 4.69) is 11.2 Å². The fourth-order valence-electron chi connectivity index (χ4n) is 0.560. The second-order valence-corrected chi connectivity index (χ2v) is 1.61. The molecule has 2 nitrogen and oxygen atoms in total. The van der Waals surface area contributed by atoms with Crippen molar-refractivity contribution in [2.24, 2.45) is 5.16 Å². The van der Waals surface area contributed by atoms with Gasteiger partial charge in [-0.2, -0.15) is 0 Å². The van der Waals surface area contributed by atoms with E-state index in [0.29, 0.717) is 6.42 Å². The first-order chi connectivity index (χ1) is 4.34. The van der Waals surface area contributed by atoms with Gasteiger partial charge in [0.15, 0.2) is 5.83 Å². The first kappa shape index (κ1) is 6.01. The molecule has 0 atom stereocenters. The van der Waals surface area contributed by atoms with Gasteiger partial charge in [-0.15, -0.1) is 0 Å². The Balaban J connectivity index is 2.83. The lowest BCUT2D eigenvalue weighted by Crippen LogP contribution is -1.99. The van der Waals surface area contributed by atoms with Crippen molar-refractivity contribution in [3.63, 3.8) is 0 Å². The third-order valence-electron chi connectivity index (χ3n) is 1.01. The molecular formula is C6H5FNO. The summed E-state index contributed by atoms with van der Waals surface area (Å²) in [6.45, 7) is 0. The standard InChI is InChI=1S/C6H5FNO/c7-5-3-1-2-4-6(5)8-9/h1-2,9H,4H2. The molecule has 3 heteroatoms. The molecule has 0 amide bonds. The summed E-state index contributed by atoms with van der Waals surface area (Å²) in [5.41, 5.74) is 0.0394. The first-order valence-electron chi connectivity index (χ1n) is 2.50. The van der Waals surface area contributed by atoms with Crippen molar-refractivity contribution in [1.29, 1.82) is 0 Å². The molecule has 0 heterocycles. The van der Waals surface area contributed by atoms with Gasteiger partial charge in [-0.05, 0) is 0 Å². The maximum Gasteiger partial charge on any atom is 0.156 e. The van der Waals surface area contributed by atoms with E-state index in [0.717, 1.165) is 0 Å². The highest BCUT2D eigenvalue weighted by molar-refractivity contribution is 5.99. The Morgan fingerprint density at radius 2 is 2.56 bits per heavy atom. The highest BCUT2D eigenvalue weighted by Gasteiger charge is 2.06. The van der Waals surface area contributed by atoms with Crippen LogP contribution in [0.1, 0.15) is 6.42 Å². The van der Waals surface area contributed by atoms with E-state index in [-0.39, 0.29) is 5.71 Å². The quantitative estimate of drug-likeness (QED) is 0.386. The smallest absolute Gasteiger partial charge is 0.156 e. The van der Waals surface area contributed by atoms with Crippen molar-refractivity contribution < 1.29 is 9.60 Å². The summed E-state index contributed by atoms with van der Waals surface area (Å²) in [6.07, 6.45) is 5.73. The summed E-state index contributed by atoms with van der Waals surface area (Å²) in [7, 11) is 0. The van der Waals surface area contributed by atoms with Crippen molar-refractivity contribution in [2.75, 3.05) is 0 Å². The average molecular weight is 126 g/mol. The molecule has 0 fully saturated rings. The Kier molecular flexibility index (Phi) is 1.63. The summed E-state index contributed by atoms with van der Waals surface area (Å²) < 4.78 is 12.3. The Hall–Kier alpha value is -1.12.